The highest BCUT2D eigenvalue weighted by Gasteiger charge is 2.23. The monoisotopic (exact) mass is 566 g/mol. The lowest BCUT2D eigenvalue weighted by Gasteiger charge is -2.18. The fraction of sp³-hybridized carbons (Fsp3) is 0.161. The van der Waals surface area contributed by atoms with E-state index in [0.717, 1.165) is 33.4 Å². The number of hydrogen-bond acceptors (Lipinski definition) is 7. The summed E-state index contributed by atoms with van der Waals surface area (Å²) in [5.41, 5.74) is 4.26. The molecule has 3 heterocycles. The smallest absolute Gasteiger partial charge is 0.439 e. The second kappa shape index (κ2) is 10.5. The number of nitrogens with one attached hydrogen (secondary N) is 1. The second-order valence-corrected chi connectivity index (χ2v) is 10.7. The Bertz CT molecular complexity index is 2050. The Hall–Kier alpha value is -4.96. The molecule has 206 valence electrons. The predicted molar refractivity (Wildman–Crippen MR) is 159 cm³/mol. The number of methoxy groups -OCH3 is 1. The molecule has 0 fully saturated rings. The molecule has 0 unspecified atom stereocenters. The first-order chi connectivity index (χ1) is 19.9. The Morgan fingerprint density at radius 3 is 2.29 bits per heavy atom. The molecule has 0 aliphatic rings. The highest BCUT2D eigenvalue weighted by atomic mass is 32.1. The van der Waals surface area contributed by atoms with Gasteiger partial charge in [-0.15, -0.1) is 0 Å². The van der Waals surface area contributed by atoms with Crippen molar-refractivity contribution in [3.05, 3.63) is 127 Å². The highest BCUT2D eigenvalue weighted by molar-refractivity contribution is 7.20. The van der Waals surface area contributed by atoms with Crippen molar-refractivity contribution >= 4 is 21.6 Å². The van der Waals surface area contributed by atoms with Gasteiger partial charge in [0.25, 0.3) is 5.56 Å². The molecule has 0 amide bonds. The van der Waals surface area contributed by atoms with E-state index in [-0.39, 0.29) is 17.8 Å². The van der Waals surface area contributed by atoms with Crippen molar-refractivity contribution in [2.45, 2.75) is 26.4 Å². The van der Waals surface area contributed by atoms with Crippen molar-refractivity contribution in [3.63, 3.8) is 0 Å². The molecule has 1 atom stereocenters. The summed E-state index contributed by atoms with van der Waals surface area (Å²) in [5, 5.41) is 4.93. The predicted octanol–water partition coefficient (Wildman–Crippen LogP) is 5.21. The molecule has 0 radical (unpaired) electrons. The van der Waals surface area contributed by atoms with Crippen molar-refractivity contribution in [3.8, 4) is 27.6 Å². The lowest BCUT2D eigenvalue weighted by Crippen LogP contribution is -2.41. The summed E-state index contributed by atoms with van der Waals surface area (Å²) < 4.78 is 13.2. The lowest BCUT2D eigenvalue weighted by atomic mass is 9.98. The number of aryl methyl sites for hydroxylation is 1. The van der Waals surface area contributed by atoms with E-state index in [1.165, 1.54) is 15.9 Å². The van der Waals surface area contributed by atoms with Crippen LogP contribution in [0.1, 0.15) is 29.7 Å². The van der Waals surface area contributed by atoms with E-state index in [0.29, 0.717) is 21.1 Å². The summed E-state index contributed by atoms with van der Waals surface area (Å²) in [7, 11) is 1.57. The third-order valence-electron chi connectivity index (χ3n) is 7.28. The normalized spacial score (nSPS) is 12.1. The summed E-state index contributed by atoms with van der Waals surface area (Å²) in [6.07, 6.45) is 0. The molecule has 0 bridgehead atoms. The van der Waals surface area contributed by atoms with Crippen molar-refractivity contribution in [2.75, 3.05) is 7.11 Å². The maximum atomic E-state index is 14.0. The van der Waals surface area contributed by atoms with Crippen LogP contribution in [0.15, 0.2) is 97.8 Å². The third-order valence-corrected chi connectivity index (χ3v) is 8.56. The highest BCUT2D eigenvalue weighted by Crippen LogP contribution is 2.35. The van der Waals surface area contributed by atoms with Gasteiger partial charge in [0.15, 0.2) is 10.9 Å². The van der Waals surface area contributed by atoms with Crippen LogP contribution in [0.2, 0.25) is 0 Å². The van der Waals surface area contributed by atoms with Gasteiger partial charge in [-0.1, -0.05) is 95.4 Å². The first-order valence-corrected chi connectivity index (χ1v) is 13.8. The summed E-state index contributed by atoms with van der Waals surface area (Å²) in [4.78, 5) is 42.4. The maximum absolute atomic E-state index is 14.0. The zero-order chi connectivity index (χ0) is 28.7. The standard InChI is InChI=1S/C31H26N4O5S/c1-18-25-27(36)35(19(2)21-9-5-4-6-10-21)31(38)34(28(25)41-29(18)39-3)17-20-13-15-22(16-14-20)23-11-7-8-12-24(23)26-32-30(37)40-33-26/h4-16,19H,17H2,1-3H3,(H,32,33,37)/t19-/m1/s1. The molecule has 10 heteroatoms. The molecule has 0 aliphatic carbocycles. The van der Waals surface area contributed by atoms with Crippen molar-refractivity contribution in [2.24, 2.45) is 0 Å². The van der Waals surface area contributed by atoms with Crippen LogP contribution in [0.25, 0.3) is 32.7 Å². The van der Waals surface area contributed by atoms with Gasteiger partial charge in [0, 0.05) is 11.1 Å². The summed E-state index contributed by atoms with van der Waals surface area (Å²) in [6, 6.07) is 24.4. The minimum atomic E-state index is -0.620. The Labute approximate surface area is 237 Å². The summed E-state index contributed by atoms with van der Waals surface area (Å²) in [5.74, 6) is -0.273. The average molecular weight is 567 g/mol. The number of aromatic nitrogens is 4. The Kier molecular flexibility index (Phi) is 6.76. The van der Waals surface area contributed by atoms with Crippen LogP contribution in [0, 0.1) is 6.92 Å². The van der Waals surface area contributed by atoms with Crippen molar-refractivity contribution < 1.29 is 9.26 Å². The molecule has 3 aromatic carbocycles. The number of benzene rings is 3. The number of fused-ring (bicyclic) bond motifs is 1. The summed E-state index contributed by atoms with van der Waals surface area (Å²) in [6.45, 7) is 3.97. The minimum Gasteiger partial charge on any atom is -0.487 e. The molecule has 0 saturated heterocycles. The quantitative estimate of drug-likeness (QED) is 0.284. The van der Waals surface area contributed by atoms with E-state index in [1.807, 2.05) is 92.7 Å². The first kappa shape index (κ1) is 26.3. The number of H-pyrrole nitrogens is 1. The number of nitrogens with zero attached hydrogens (tertiary/aromatic N) is 3. The van der Waals surface area contributed by atoms with Gasteiger partial charge >= 0.3 is 11.4 Å². The fourth-order valence-electron chi connectivity index (χ4n) is 5.16. The SMILES string of the molecule is COc1sc2c(c1C)c(=O)n([C@H](C)c1ccccc1)c(=O)n2Cc1ccc(-c2ccccc2-c2noc(=O)[nH]2)cc1. The fourth-order valence-corrected chi connectivity index (χ4v) is 6.27. The van der Waals surface area contributed by atoms with E-state index in [1.54, 1.807) is 11.7 Å². The molecule has 41 heavy (non-hydrogen) atoms. The van der Waals surface area contributed by atoms with Gasteiger partial charge < -0.3 is 4.74 Å². The van der Waals surface area contributed by atoms with Crippen LogP contribution >= 0.6 is 11.3 Å². The Morgan fingerprint density at radius 2 is 1.63 bits per heavy atom. The second-order valence-electron chi connectivity index (χ2n) is 9.72. The zero-order valence-electron chi connectivity index (χ0n) is 22.6. The lowest BCUT2D eigenvalue weighted by molar-refractivity contribution is 0.388. The molecule has 9 nitrogen and oxygen atoms in total. The number of rotatable bonds is 7. The van der Waals surface area contributed by atoms with Gasteiger partial charge in [0.2, 0.25) is 0 Å². The van der Waals surface area contributed by atoms with E-state index in [9.17, 15) is 14.4 Å². The Balaban J connectivity index is 1.44. The van der Waals surface area contributed by atoms with Crippen LogP contribution in [0.5, 0.6) is 5.06 Å². The molecule has 0 aliphatic heterocycles. The van der Waals surface area contributed by atoms with E-state index >= 15 is 0 Å². The van der Waals surface area contributed by atoms with Gasteiger partial charge in [-0.2, -0.15) is 0 Å². The minimum absolute atomic E-state index is 0.263. The first-order valence-electron chi connectivity index (χ1n) is 13.0. The zero-order valence-corrected chi connectivity index (χ0v) is 23.4. The van der Waals surface area contributed by atoms with E-state index in [4.69, 9.17) is 9.26 Å². The molecule has 1 N–H and O–H groups in total. The largest absolute Gasteiger partial charge is 0.487 e. The van der Waals surface area contributed by atoms with E-state index in [2.05, 4.69) is 10.1 Å². The van der Waals surface area contributed by atoms with Gasteiger partial charge in [-0.25, -0.2) is 9.59 Å². The topological polar surface area (TPSA) is 112 Å². The molecule has 6 rings (SSSR count). The number of hydrogen-bond donors (Lipinski definition) is 1. The summed E-state index contributed by atoms with van der Waals surface area (Å²) >= 11 is 1.30. The van der Waals surface area contributed by atoms with Crippen LogP contribution < -0.4 is 21.7 Å². The molecule has 0 spiro atoms. The van der Waals surface area contributed by atoms with E-state index < -0.39 is 11.8 Å². The van der Waals surface area contributed by atoms with Gasteiger partial charge in [0.1, 0.15) is 4.83 Å². The van der Waals surface area contributed by atoms with Gasteiger partial charge in [-0.05, 0) is 36.1 Å². The van der Waals surface area contributed by atoms with Crippen LogP contribution in [0.3, 0.4) is 0 Å². The maximum Gasteiger partial charge on any atom is 0.439 e. The Morgan fingerprint density at radius 1 is 0.951 bits per heavy atom. The third kappa shape index (κ3) is 4.62. The molecule has 6 aromatic rings. The molecule has 3 aromatic heterocycles. The number of ether oxygens (including phenoxy) is 1. The number of thiophene rings is 1. The van der Waals surface area contributed by atoms with Crippen LogP contribution in [0.4, 0.5) is 0 Å². The van der Waals surface area contributed by atoms with Gasteiger partial charge in [0.05, 0.1) is 25.1 Å². The number of aromatic amines is 1. The average Bonchev–Trinajstić information content (AvgIpc) is 3.58. The van der Waals surface area contributed by atoms with Gasteiger partial charge in [-0.3, -0.25) is 23.4 Å². The molecular formula is C31H26N4O5S. The van der Waals surface area contributed by atoms with Crippen molar-refractivity contribution in [1.29, 1.82) is 0 Å². The molecule has 0 saturated carbocycles. The van der Waals surface area contributed by atoms with Crippen LogP contribution in [-0.2, 0) is 6.54 Å². The van der Waals surface area contributed by atoms with Crippen molar-refractivity contribution in [1.82, 2.24) is 19.3 Å². The molecular weight excluding hydrogens is 540 g/mol. The van der Waals surface area contributed by atoms with Crippen LogP contribution in [-0.4, -0.2) is 26.4 Å².